The third-order valence-corrected chi connectivity index (χ3v) is 8.25. The van der Waals surface area contributed by atoms with E-state index in [1.165, 1.54) is 10.6 Å². The summed E-state index contributed by atoms with van der Waals surface area (Å²) >= 11 is 0. The molecule has 1 aliphatic rings. The molecular formula is C25H31N5O4S. The zero-order chi connectivity index (χ0) is 25.0. The van der Waals surface area contributed by atoms with Crippen LogP contribution in [-0.4, -0.2) is 76.6 Å². The molecule has 0 amide bonds. The molecule has 4 rings (SSSR count). The molecule has 10 heteroatoms. The lowest BCUT2D eigenvalue weighted by Gasteiger charge is -2.37. The highest BCUT2D eigenvalue weighted by atomic mass is 32.2. The van der Waals surface area contributed by atoms with E-state index in [9.17, 15) is 13.5 Å². The molecule has 0 spiro atoms. The van der Waals surface area contributed by atoms with Crippen LogP contribution in [0, 0.1) is 5.92 Å². The minimum Gasteiger partial charge on any atom is -0.487 e. The van der Waals surface area contributed by atoms with Crippen molar-refractivity contribution in [3.63, 3.8) is 0 Å². The van der Waals surface area contributed by atoms with Crippen molar-refractivity contribution in [2.45, 2.75) is 37.4 Å². The quantitative estimate of drug-likeness (QED) is 0.530. The Hall–Kier alpha value is -2.92. The van der Waals surface area contributed by atoms with Gasteiger partial charge in [-0.15, -0.1) is 0 Å². The first kappa shape index (κ1) is 25.2. The van der Waals surface area contributed by atoms with E-state index in [0.29, 0.717) is 13.1 Å². The van der Waals surface area contributed by atoms with Gasteiger partial charge in [0.2, 0.25) is 10.0 Å². The largest absolute Gasteiger partial charge is 0.487 e. The summed E-state index contributed by atoms with van der Waals surface area (Å²) in [4.78, 5) is 14.6. The van der Waals surface area contributed by atoms with Crippen molar-refractivity contribution in [2.75, 3.05) is 26.7 Å². The third-order valence-electron chi connectivity index (χ3n) is 6.23. The van der Waals surface area contributed by atoms with E-state index in [1.54, 1.807) is 43.7 Å². The van der Waals surface area contributed by atoms with Crippen molar-refractivity contribution in [3.8, 4) is 16.9 Å². The minimum absolute atomic E-state index is 0.0882. The molecule has 3 heterocycles. The lowest BCUT2D eigenvalue weighted by atomic mass is 10.0. The number of rotatable bonds is 7. The van der Waals surface area contributed by atoms with Gasteiger partial charge in [-0.3, -0.25) is 9.88 Å². The molecule has 0 fully saturated rings. The summed E-state index contributed by atoms with van der Waals surface area (Å²) in [7, 11) is -1.89. The van der Waals surface area contributed by atoms with Crippen LogP contribution < -0.4 is 4.74 Å². The first-order valence-electron chi connectivity index (χ1n) is 11.6. The number of hydrogen-bond donors (Lipinski definition) is 1. The molecule has 3 aromatic rings. The number of aliphatic hydroxyl groups is 1. The van der Waals surface area contributed by atoms with Crippen LogP contribution in [0.25, 0.3) is 11.1 Å². The Morgan fingerprint density at radius 2 is 1.94 bits per heavy atom. The molecule has 1 N–H and O–H groups in total. The van der Waals surface area contributed by atoms with Crippen LogP contribution in [0.2, 0.25) is 0 Å². The summed E-state index contributed by atoms with van der Waals surface area (Å²) in [6.45, 7) is 4.93. The van der Waals surface area contributed by atoms with Gasteiger partial charge in [-0.2, -0.15) is 4.31 Å². The molecule has 0 aliphatic carbocycles. The zero-order valence-corrected chi connectivity index (χ0v) is 21.0. The predicted octanol–water partition coefficient (Wildman–Crippen LogP) is 2.44. The molecule has 0 saturated carbocycles. The fourth-order valence-electron chi connectivity index (χ4n) is 4.25. The standard InChI is InChI=1S/C25H31N5O4S/c1-18-13-30(19(2)16-31)35(32,33)25-7-6-21(22-11-27-17-28-12-22)9-23(25)34-24(18)15-29(3)14-20-5-4-8-26-10-20/h4-12,17-19,24,31H,13-16H2,1-3H3/t18-,19-,24-/m0/s1. The second-order valence-electron chi connectivity index (χ2n) is 9.09. The number of nitrogens with zero attached hydrogens (tertiary/aromatic N) is 5. The summed E-state index contributed by atoms with van der Waals surface area (Å²) in [5, 5.41) is 9.82. The van der Waals surface area contributed by atoms with Crippen LogP contribution in [0.1, 0.15) is 19.4 Å². The zero-order valence-electron chi connectivity index (χ0n) is 20.2. The Morgan fingerprint density at radius 3 is 2.63 bits per heavy atom. The van der Waals surface area contributed by atoms with Gasteiger partial charge >= 0.3 is 0 Å². The van der Waals surface area contributed by atoms with E-state index in [4.69, 9.17) is 4.74 Å². The van der Waals surface area contributed by atoms with Gasteiger partial charge in [0.25, 0.3) is 0 Å². The molecule has 2 aromatic heterocycles. The van der Waals surface area contributed by atoms with Gasteiger partial charge in [0, 0.05) is 61.9 Å². The highest BCUT2D eigenvalue weighted by Gasteiger charge is 2.38. The maximum absolute atomic E-state index is 13.6. The van der Waals surface area contributed by atoms with Gasteiger partial charge < -0.3 is 9.84 Å². The van der Waals surface area contributed by atoms with Crippen LogP contribution in [-0.2, 0) is 16.6 Å². The van der Waals surface area contributed by atoms with Crippen LogP contribution in [0.5, 0.6) is 5.75 Å². The van der Waals surface area contributed by atoms with E-state index in [2.05, 4.69) is 19.9 Å². The number of ether oxygens (including phenoxy) is 1. The molecule has 1 aromatic carbocycles. The van der Waals surface area contributed by atoms with E-state index < -0.39 is 16.1 Å². The van der Waals surface area contributed by atoms with E-state index >= 15 is 0 Å². The number of fused-ring (bicyclic) bond motifs is 1. The van der Waals surface area contributed by atoms with Gasteiger partial charge in [0.05, 0.1) is 6.61 Å². The number of benzene rings is 1. The maximum Gasteiger partial charge on any atom is 0.247 e. The first-order valence-corrected chi connectivity index (χ1v) is 13.0. The summed E-state index contributed by atoms with van der Waals surface area (Å²) in [6, 6.07) is 8.39. The third kappa shape index (κ3) is 5.67. The molecule has 0 bridgehead atoms. The summed E-state index contributed by atoms with van der Waals surface area (Å²) in [5.74, 6) is 0.153. The number of pyridine rings is 1. The minimum atomic E-state index is -3.89. The van der Waals surface area contributed by atoms with Gasteiger partial charge in [-0.1, -0.05) is 19.1 Å². The normalized spacial score (nSPS) is 20.9. The van der Waals surface area contributed by atoms with E-state index in [1.807, 2.05) is 32.3 Å². The lowest BCUT2D eigenvalue weighted by Crippen LogP contribution is -2.49. The number of aromatic nitrogens is 3. The number of sulfonamides is 1. The van der Waals surface area contributed by atoms with Crippen molar-refractivity contribution >= 4 is 10.0 Å². The lowest BCUT2D eigenvalue weighted by molar-refractivity contribution is 0.0734. The average molecular weight is 498 g/mol. The van der Waals surface area contributed by atoms with Crippen LogP contribution in [0.4, 0.5) is 0 Å². The van der Waals surface area contributed by atoms with Gasteiger partial charge in [-0.05, 0) is 43.3 Å². The fourth-order valence-corrected chi connectivity index (χ4v) is 6.07. The smallest absolute Gasteiger partial charge is 0.247 e. The summed E-state index contributed by atoms with van der Waals surface area (Å²) < 4.78 is 35.1. The highest BCUT2D eigenvalue weighted by Crippen LogP contribution is 2.36. The van der Waals surface area contributed by atoms with Crippen LogP contribution >= 0.6 is 0 Å². The van der Waals surface area contributed by atoms with Gasteiger partial charge in [0.1, 0.15) is 23.1 Å². The highest BCUT2D eigenvalue weighted by molar-refractivity contribution is 7.89. The average Bonchev–Trinajstić information content (AvgIpc) is 2.86. The fraction of sp³-hybridized carbons (Fsp3) is 0.400. The SMILES string of the molecule is C[C@H]1CN([C@@H](C)CO)S(=O)(=O)c2ccc(-c3cncnc3)cc2O[C@H]1CN(C)Cc1cccnc1. The number of hydrogen-bond acceptors (Lipinski definition) is 8. The summed E-state index contributed by atoms with van der Waals surface area (Å²) in [5.41, 5.74) is 2.60. The Kier molecular flexibility index (Phi) is 7.75. The molecule has 0 radical (unpaired) electrons. The van der Waals surface area contributed by atoms with E-state index in [0.717, 1.165) is 16.7 Å². The predicted molar refractivity (Wildman–Crippen MR) is 132 cm³/mol. The Labute approximate surface area is 206 Å². The molecule has 0 unspecified atom stereocenters. The van der Waals surface area contributed by atoms with Crippen molar-refractivity contribution in [3.05, 3.63) is 67.0 Å². The monoisotopic (exact) mass is 497 g/mol. The van der Waals surface area contributed by atoms with Crippen molar-refractivity contribution in [2.24, 2.45) is 5.92 Å². The van der Waals surface area contributed by atoms with Crippen molar-refractivity contribution in [1.29, 1.82) is 0 Å². The molecular weight excluding hydrogens is 466 g/mol. The van der Waals surface area contributed by atoms with Gasteiger partial charge in [0.15, 0.2) is 0 Å². The van der Waals surface area contributed by atoms with E-state index in [-0.39, 0.29) is 35.8 Å². The Morgan fingerprint density at radius 1 is 1.17 bits per heavy atom. The van der Waals surface area contributed by atoms with Crippen LogP contribution in [0.3, 0.4) is 0 Å². The molecule has 186 valence electrons. The summed E-state index contributed by atoms with van der Waals surface area (Å²) in [6.07, 6.45) is 8.08. The molecule has 35 heavy (non-hydrogen) atoms. The molecule has 0 saturated heterocycles. The van der Waals surface area contributed by atoms with Gasteiger partial charge in [-0.25, -0.2) is 18.4 Å². The number of likely N-dealkylation sites (N-methyl/N-ethyl adjacent to an activating group) is 1. The van der Waals surface area contributed by atoms with Crippen molar-refractivity contribution < 1.29 is 18.3 Å². The van der Waals surface area contributed by atoms with Crippen LogP contribution in [0.15, 0.2) is 66.3 Å². The maximum atomic E-state index is 13.6. The second kappa shape index (κ2) is 10.8. The van der Waals surface area contributed by atoms with Crippen molar-refractivity contribution in [1.82, 2.24) is 24.2 Å². The number of aliphatic hydroxyl groups excluding tert-OH is 1. The Bertz CT molecular complexity index is 1230. The Balaban J connectivity index is 1.72. The first-order chi connectivity index (χ1) is 16.8. The molecule has 9 nitrogen and oxygen atoms in total. The molecule has 1 aliphatic heterocycles. The molecule has 3 atom stereocenters. The second-order valence-corrected chi connectivity index (χ2v) is 10.9. The topological polar surface area (TPSA) is 109 Å².